The molecule has 1 saturated carbocycles. The van der Waals surface area contributed by atoms with Crippen LogP contribution >= 0.6 is 11.8 Å². The fraction of sp³-hybridized carbons (Fsp3) is 0.533. The van der Waals surface area contributed by atoms with Gasteiger partial charge in [0.2, 0.25) is 0 Å². The third-order valence-corrected chi connectivity index (χ3v) is 4.86. The molecule has 1 aromatic carbocycles. The van der Waals surface area contributed by atoms with E-state index in [1.165, 1.54) is 32.8 Å². The SMILES string of the molecule is COc1cccc(CC(=O)CSC2CCCC2)c1F. The molecule has 2 nitrogen and oxygen atoms in total. The Labute approximate surface area is 117 Å². The molecule has 1 fully saturated rings. The first-order chi connectivity index (χ1) is 9.20. The lowest BCUT2D eigenvalue weighted by Crippen LogP contribution is -2.10. The van der Waals surface area contributed by atoms with Crippen LogP contribution in [0.5, 0.6) is 5.75 Å². The molecule has 0 radical (unpaired) electrons. The second-order valence-corrected chi connectivity index (χ2v) is 6.15. The summed E-state index contributed by atoms with van der Waals surface area (Å²) < 4.78 is 18.8. The van der Waals surface area contributed by atoms with Gasteiger partial charge in [-0.25, -0.2) is 4.39 Å². The normalized spacial score (nSPS) is 15.7. The van der Waals surface area contributed by atoms with E-state index < -0.39 is 5.82 Å². The number of thioether (sulfide) groups is 1. The molecule has 0 aliphatic heterocycles. The molecular formula is C15H19FO2S. The van der Waals surface area contributed by atoms with E-state index in [2.05, 4.69) is 0 Å². The average Bonchev–Trinajstić information content (AvgIpc) is 2.92. The zero-order valence-corrected chi connectivity index (χ0v) is 12.0. The van der Waals surface area contributed by atoms with Gasteiger partial charge in [-0.3, -0.25) is 4.79 Å². The van der Waals surface area contributed by atoms with Crippen molar-refractivity contribution < 1.29 is 13.9 Å². The molecule has 104 valence electrons. The quantitative estimate of drug-likeness (QED) is 0.797. The summed E-state index contributed by atoms with van der Waals surface area (Å²) in [5.74, 6) is 0.364. The van der Waals surface area contributed by atoms with Gasteiger partial charge < -0.3 is 4.74 Å². The third-order valence-electron chi connectivity index (χ3n) is 3.43. The van der Waals surface area contributed by atoms with Crippen LogP contribution in [0.3, 0.4) is 0 Å². The molecule has 0 spiro atoms. The Bertz CT molecular complexity index is 442. The fourth-order valence-corrected chi connectivity index (χ4v) is 3.57. The number of halogens is 1. The van der Waals surface area contributed by atoms with Crippen LogP contribution in [0.1, 0.15) is 31.2 Å². The van der Waals surface area contributed by atoms with Gasteiger partial charge in [-0.2, -0.15) is 11.8 Å². The molecule has 0 unspecified atom stereocenters. The number of methoxy groups -OCH3 is 1. The molecule has 0 N–H and O–H groups in total. The Morgan fingerprint density at radius 1 is 1.42 bits per heavy atom. The zero-order chi connectivity index (χ0) is 13.7. The van der Waals surface area contributed by atoms with E-state index >= 15 is 0 Å². The molecule has 0 heterocycles. The van der Waals surface area contributed by atoms with Crippen molar-refractivity contribution in [3.8, 4) is 5.75 Å². The van der Waals surface area contributed by atoms with Gasteiger partial charge in [-0.15, -0.1) is 0 Å². The predicted octanol–water partition coefficient (Wildman–Crippen LogP) is 3.62. The lowest BCUT2D eigenvalue weighted by atomic mass is 10.1. The van der Waals surface area contributed by atoms with Crippen LogP contribution in [0.15, 0.2) is 18.2 Å². The second kappa shape index (κ2) is 6.94. The van der Waals surface area contributed by atoms with Crippen LogP contribution in [-0.2, 0) is 11.2 Å². The number of ketones is 1. The van der Waals surface area contributed by atoms with Gasteiger partial charge in [0.1, 0.15) is 5.78 Å². The molecule has 19 heavy (non-hydrogen) atoms. The van der Waals surface area contributed by atoms with Crippen molar-refractivity contribution in [3.63, 3.8) is 0 Å². The number of carbonyl (C=O) groups is 1. The number of carbonyl (C=O) groups excluding carboxylic acids is 1. The maximum atomic E-state index is 13.9. The maximum Gasteiger partial charge on any atom is 0.168 e. The molecule has 4 heteroatoms. The summed E-state index contributed by atoms with van der Waals surface area (Å²) in [5, 5.41) is 0.624. The van der Waals surface area contributed by atoms with Gasteiger partial charge >= 0.3 is 0 Å². The molecule has 1 aliphatic rings. The van der Waals surface area contributed by atoms with Crippen molar-refractivity contribution in [2.45, 2.75) is 37.4 Å². The lowest BCUT2D eigenvalue weighted by molar-refractivity contribution is -0.116. The topological polar surface area (TPSA) is 26.3 Å². The largest absolute Gasteiger partial charge is 0.494 e. The Balaban J connectivity index is 1.87. The minimum absolute atomic E-state index is 0.0871. The Morgan fingerprint density at radius 3 is 2.84 bits per heavy atom. The molecule has 2 rings (SSSR count). The van der Waals surface area contributed by atoms with Crippen LogP contribution in [0.25, 0.3) is 0 Å². The Kier molecular flexibility index (Phi) is 5.25. The summed E-state index contributed by atoms with van der Waals surface area (Å²) in [6, 6.07) is 4.93. The van der Waals surface area contributed by atoms with Crippen LogP contribution in [0, 0.1) is 5.82 Å². The van der Waals surface area contributed by atoms with E-state index in [1.54, 1.807) is 30.0 Å². The first-order valence-corrected chi connectivity index (χ1v) is 7.70. The summed E-state index contributed by atoms with van der Waals surface area (Å²) in [5.41, 5.74) is 0.427. The van der Waals surface area contributed by atoms with Crippen LogP contribution < -0.4 is 4.74 Å². The Hall–Kier alpha value is -1.03. The van der Waals surface area contributed by atoms with Crippen molar-refractivity contribution in [1.29, 1.82) is 0 Å². The first-order valence-electron chi connectivity index (χ1n) is 6.65. The smallest absolute Gasteiger partial charge is 0.168 e. The summed E-state index contributed by atoms with van der Waals surface area (Å²) in [7, 11) is 1.43. The summed E-state index contributed by atoms with van der Waals surface area (Å²) >= 11 is 1.72. The number of hydrogen-bond donors (Lipinski definition) is 0. The van der Waals surface area contributed by atoms with Gasteiger partial charge in [0.25, 0.3) is 0 Å². The van der Waals surface area contributed by atoms with Crippen LogP contribution in [0.4, 0.5) is 4.39 Å². The summed E-state index contributed by atoms with van der Waals surface area (Å²) in [6.07, 6.45) is 5.13. The van der Waals surface area contributed by atoms with Gasteiger partial charge in [-0.1, -0.05) is 25.0 Å². The van der Waals surface area contributed by atoms with E-state index in [9.17, 15) is 9.18 Å². The Morgan fingerprint density at radius 2 is 2.16 bits per heavy atom. The van der Waals surface area contributed by atoms with Crippen molar-refractivity contribution in [2.24, 2.45) is 0 Å². The van der Waals surface area contributed by atoms with Crippen molar-refractivity contribution in [3.05, 3.63) is 29.6 Å². The molecule has 0 atom stereocenters. The fourth-order valence-electron chi connectivity index (χ4n) is 2.38. The molecule has 0 amide bonds. The number of rotatable bonds is 6. The highest BCUT2D eigenvalue weighted by atomic mass is 32.2. The number of Topliss-reactive ketones (excluding diaryl/α,β-unsaturated/α-hetero) is 1. The van der Waals surface area contributed by atoms with Gasteiger partial charge in [0.05, 0.1) is 12.9 Å². The lowest BCUT2D eigenvalue weighted by Gasteiger charge is -2.09. The van der Waals surface area contributed by atoms with Gasteiger partial charge in [0, 0.05) is 11.7 Å². The third kappa shape index (κ3) is 3.96. The van der Waals surface area contributed by atoms with E-state index in [-0.39, 0.29) is 18.0 Å². The number of ether oxygens (including phenoxy) is 1. The highest BCUT2D eigenvalue weighted by molar-refractivity contribution is 8.00. The molecule has 0 aromatic heterocycles. The van der Waals surface area contributed by atoms with Crippen LogP contribution in [-0.4, -0.2) is 23.9 Å². The van der Waals surface area contributed by atoms with Crippen molar-refractivity contribution >= 4 is 17.5 Å². The average molecular weight is 282 g/mol. The van der Waals surface area contributed by atoms with Gasteiger partial charge in [-0.05, 0) is 24.5 Å². The van der Waals surface area contributed by atoms with E-state index in [0.29, 0.717) is 16.6 Å². The monoisotopic (exact) mass is 282 g/mol. The highest BCUT2D eigenvalue weighted by Gasteiger charge is 2.18. The first kappa shape index (κ1) is 14.4. The van der Waals surface area contributed by atoms with E-state index in [0.717, 1.165) is 0 Å². The zero-order valence-electron chi connectivity index (χ0n) is 11.2. The highest BCUT2D eigenvalue weighted by Crippen LogP contribution is 2.29. The molecule has 0 saturated heterocycles. The molecule has 0 bridgehead atoms. The molecule has 1 aliphatic carbocycles. The minimum Gasteiger partial charge on any atom is -0.494 e. The molecular weight excluding hydrogens is 263 g/mol. The predicted molar refractivity (Wildman–Crippen MR) is 76.4 cm³/mol. The summed E-state index contributed by atoms with van der Waals surface area (Å²) in [4.78, 5) is 11.9. The van der Waals surface area contributed by atoms with E-state index in [4.69, 9.17) is 4.74 Å². The van der Waals surface area contributed by atoms with Gasteiger partial charge in [0.15, 0.2) is 11.6 Å². The molecule has 1 aromatic rings. The second-order valence-electron chi connectivity index (χ2n) is 4.87. The summed E-state index contributed by atoms with van der Waals surface area (Å²) in [6.45, 7) is 0. The number of benzene rings is 1. The maximum absolute atomic E-state index is 13.9. The van der Waals surface area contributed by atoms with Crippen LogP contribution in [0.2, 0.25) is 0 Å². The van der Waals surface area contributed by atoms with E-state index in [1.807, 2.05) is 0 Å². The van der Waals surface area contributed by atoms with Crippen molar-refractivity contribution in [1.82, 2.24) is 0 Å². The minimum atomic E-state index is -0.413. The number of hydrogen-bond acceptors (Lipinski definition) is 3. The van der Waals surface area contributed by atoms with Crippen molar-refractivity contribution in [2.75, 3.05) is 12.9 Å². The standard InChI is InChI=1S/C15H19FO2S/c1-18-14-8-4-5-11(15(14)16)9-12(17)10-19-13-6-2-3-7-13/h4-5,8,13H,2-3,6-7,9-10H2,1H3.